The summed E-state index contributed by atoms with van der Waals surface area (Å²) < 4.78 is 5.99. The number of aromatic nitrogens is 2. The van der Waals surface area contributed by atoms with Crippen molar-refractivity contribution < 1.29 is 9.53 Å². The van der Waals surface area contributed by atoms with Gasteiger partial charge in [0.05, 0.1) is 24.4 Å². The number of carbonyl (C=O) groups is 1. The Morgan fingerprint density at radius 1 is 0.971 bits per heavy atom. The number of hydrogen-bond acceptors (Lipinski definition) is 5. The number of carbonyl (C=O) groups excluding carboxylic acids is 1. The topological polar surface area (TPSA) is 58.6 Å². The smallest absolute Gasteiger partial charge is 0.222 e. The first-order valence-corrected chi connectivity index (χ1v) is 13.7. The highest BCUT2D eigenvalue weighted by molar-refractivity contribution is 5.77. The molecule has 3 heterocycles. The fourth-order valence-electron chi connectivity index (χ4n) is 5.33. The first-order valence-electron chi connectivity index (χ1n) is 13.7. The number of morpholine rings is 1. The third-order valence-corrected chi connectivity index (χ3v) is 7.14. The van der Waals surface area contributed by atoms with Crippen LogP contribution in [0.15, 0.2) is 30.3 Å². The van der Waals surface area contributed by atoms with Crippen molar-refractivity contribution in [3.05, 3.63) is 41.6 Å². The maximum atomic E-state index is 13.1. The molecule has 6 nitrogen and oxygen atoms in total. The van der Waals surface area contributed by atoms with E-state index < -0.39 is 0 Å². The summed E-state index contributed by atoms with van der Waals surface area (Å²) in [4.78, 5) is 27.5. The van der Waals surface area contributed by atoms with Gasteiger partial charge in [-0.05, 0) is 20.3 Å². The molecule has 0 radical (unpaired) electrons. The van der Waals surface area contributed by atoms with Gasteiger partial charge < -0.3 is 14.5 Å². The van der Waals surface area contributed by atoms with Gasteiger partial charge in [0.1, 0.15) is 5.82 Å². The van der Waals surface area contributed by atoms with Crippen LogP contribution in [0.4, 0.5) is 5.82 Å². The molecule has 190 valence electrons. The Kier molecular flexibility index (Phi) is 9.13. The molecule has 35 heavy (non-hydrogen) atoms. The van der Waals surface area contributed by atoms with Crippen LogP contribution in [0, 0.1) is 0 Å². The van der Waals surface area contributed by atoms with Crippen LogP contribution in [0.25, 0.3) is 11.4 Å². The van der Waals surface area contributed by atoms with Gasteiger partial charge in [-0.1, -0.05) is 75.8 Å². The number of ether oxygens (including phenoxy) is 1. The second kappa shape index (κ2) is 12.5. The molecule has 6 heteroatoms. The van der Waals surface area contributed by atoms with Gasteiger partial charge in [-0.15, -0.1) is 0 Å². The van der Waals surface area contributed by atoms with E-state index >= 15 is 0 Å². The molecule has 0 N–H and O–H groups in total. The van der Waals surface area contributed by atoms with Crippen molar-refractivity contribution in [3.8, 4) is 11.4 Å². The predicted octanol–water partition coefficient (Wildman–Crippen LogP) is 5.78. The van der Waals surface area contributed by atoms with Crippen LogP contribution < -0.4 is 4.90 Å². The molecule has 2 aromatic rings. The highest BCUT2D eigenvalue weighted by Gasteiger charge is 2.31. The fraction of sp³-hybridized carbons (Fsp3) is 0.621. The molecular weight excluding hydrogens is 436 g/mol. The number of rotatable bonds is 10. The van der Waals surface area contributed by atoms with Crippen LogP contribution in [-0.2, 0) is 22.5 Å². The van der Waals surface area contributed by atoms with E-state index in [-0.39, 0.29) is 18.1 Å². The monoisotopic (exact) mass is 478 g/mol. The van der Waals surface area contributed by atoms with Crippen LogP contribution in [0.2, 0.25) is 0 Å². The molecule has 2 atom stereocenters. The Morgan fingerprint density at radius 2 is 1.66 bits per heavy atom. The van der Waals surface area contributed by atoms with E-state index in [1.54, 1.807) is 0 Å². The third-order valence-electron chi connectivity index (χ3n) is 7.14. The Labute approximate surface area is 211 Å². The van der Waals surface area contributed by atoms with Crippen molar-refractivity contribution in [3.63, 3.8) is 0 Å². The number of fused-ring (bicyclic) bond motifs is 1. The predicted molar refractivity (Wildman–Crippen MR) is 141 cm³/mol. The van der Waals surface area contributed by atoms with Gasteiger partial charge in [-0.3, -0.25) is 4.79 Å². The second-order valence-electron chi connectivity index (χ2n) is 10.3. The summed E-state index contributed by atoms with van der Waals surface area (Å²) in [6.45, 7) is 9.42. The van der Waals surface area contributed by atoms with Gasteiger partial charge in [0.2, 0.25) is 5.91 Å². The normalized spacial score (nSPS) is 20.1. The molecule has 2 aliphatic heterocycles. The zero-order valence-corrected chi connectivity index (χ0v) is 21.8. The maximum absolute atomic E-state index is 13.1. The van der Waals surface area contributed by atoms with E-state index in [9.17, 15) is 4.79 Å². The summed E-state index contributed by atoms with van der Waals surface area (Å²) in [5, 5.41) is 0. The lowest BCUT2D eigenvalue weighted by atomic mass is 10.0. The third kappa shape index (κ3) is 6.81. The molecule has 1 saturated heterocycles. The highest BCUT2D eigenvalue weighted by atomic mass is 16.5. The summed E-state index contributed by atoms with van der Waals surface area (Å²) in [7, 11) is 0. The van der Waals surface area contributed by atoms with Crippen LogP contribution in [0.1, 0.15) is 83.4 Å². The Morgan fingerprint density at radius 3 is 2.37 bits per heavy atom. The van der Waals surface area contributed by atoms with Crippen molar-refractivity contribution in [2.24, 2.45) is 0 Å². The number of benzene rings is 1. The molecule has 0 bridgehead atoms. The maximum Gasteiger partial charge on any atom is 0.222 e. The molecule has 1 aromatic heterocycles. The van der Waals surface area contributed by atoms with Crippen molar-refractivity contribution >= 4 is 11.7 Å². The summed E-state index contributed by atoms with van der Waals surface area (Å²) in [5.74, 6) is 2.02. The zero-order valence-electron chi connectivity index (χ0n) is 21.8. The first-order chi connectivity index (χ1) is 17.0. The minimum atomic E-state index is 0.142. The van der Waals surface area contributed by atoms with Crippen LogP contribution >= 0.6 is 0 Å². The summed E-state index contributed by atoms with van der Waals surface area (Å²) in [6, 6.07) is 10.2. The molecule has 1 fully saturated rings. The number of nitrogens with zero attached hydrogens (tertiary/aromatic N) is 4. The lowest BCUT2D eigenvalue weighted by Crippen LogP contribution is -2.47. The second-order valence-corrected chi connectivity index (χ2v) is 10.3. The van der Waals surface area contributed by atoms with Crippen LogP contribution in [-0.4, -0.2) is 52.6 Å². The van der Waals surface area contributed by atoms with E-state index in [1.165, 1.54) is 32.1 Å². The summed E-state index contributed by atoms with van der Waals surface area (Å²) in [5.41, 5.74) is 3.23. The van der Waals surface area contributed by atoms with Crippen LogP contribution in [0.5, 0.6) is 0 Å². The summed E-state index contributed by atoms with van der Waals surface area (Å²) >= 11 is 0. The van der Waals surface area contributed by atoms with Crippen molar-refractivity contribution in [1.29, 1.82) is 0 Å². The lowest BCUT2D eigenvalue weighted by Gasteiger charge is -2.39. The van der Waals surface area contributed by atoms with E-state index in [4.69, 9.17) is 14.7 Å². The van der Waals surface area contributed by atoms with Gasteiger partial charge in [-0.25, -0.2) is 9.97 Å². The Hall–Kier alpha value is -2.47. The Bertz CT molecular complexity index is 955. The largest absolute Gasteiger partial charge is 0.372 e. The Balaban J connectivity index is 1.49. The standard InChI is InChI=1S/C29H42N4O2/c1-4-5-6-7-8-9-13-16-27(34)32-18-17-26-25(21-32)29(33-19-22(2)35-23(3)20-33)31-28(30-26)24-14-11-10-12-15-24/h10-12,14-15,22-23H,4-9,13,16-21H2,1-3H3. The first kappa shape index (κ1) is 25.6. The van der Waals surface area contributed by atoms with Crippen molar-refractivity contribution in [1.82, 2.24) is 14.9 Å². The minimum absolute atomic E-state index is 0.142. The highest BCUT2D eigenvalue weighted by Crippen LogP contribution is 2.31. The van der Waals surface area contributed by atoms with Gasteiger partial charge in [0.15, 0.2) is 5.82 Å². The van der Waals surface area contributed by atoms with Crippen molar-refractivity contribution in [2.45, 2.75) is 97.3 Å². The molecule has 0 spiro atoms. The molecule has 0 saturated carbocycles. The summed E-state index contributed by atoms with van der Waals surface area (Å²) in [6.07, 6.45) is 10.3. The molecular formula is C29H42N4O2. The molecule has 2 aliphatic rings. The minimum Gasteiger partial charge on any atom is -0.372 e. The van der Waals surface area contributed by atoms with Gasteiger partial charge in [0, 0.05) is 43.6 Å². The van der Waals surface area contributed by atoms with E-state index in [1.807, 2.05) is 23.1 Å². The molecule has 1 amide bonds. The SMILES string of the molecule is CCCCCCCCCC(=O)N1CCc2nc(-c3ccccc3)nc(N3CC(C)OC(C)C3)c2C1. The molecule has 1 aromatic carbocycles. The number of anilines is 1. The average molecular weight is 479 g/mol. The number of unbranched alkanes of at least 4 members (excludes halogenated alkanes) is 6. The van der Waals surface area contributed by atoms with Gasteiger partial charge in [-0.2, -0.15) is 0 Å². The average Bonchev–Trinajstić information content (AvgIpc) is 2.87. The van der Waals surface area contributed by atoms with E-state index in [2.05, 4.69) is 37.8 Å². The molecule has 4 rings (SSSR count). The fourth-order valence-corrected chi connectivity index (χ4v) is 5.33. The zero-order chi connectivity index (χ0) is 24.6. The van der Waals surface area contributed by atoms with E-state index in [0.29, 0.717) is 13.0 Å². The van der Waals surface area contributed by atoms with Gasteiger partial charge >= 0.3 is 0 Å². The van der Waals surface area contributed by atoms with Gasteiger partial charge in [0.25, 0.3) is 0 Å². The molecule has 0 aliphatic carbocycles. The lowest BCUT2D eigenvalue weighted by molar-refractivity contribution is -0.132. The van der Waals surface area contributed by atoms with Crippen LogP contribution in [0.3, 0.4) is 0 Å². The molecule has 2 unspecified atom stereocenters. The number of amides is 1. The quantitative estimate of drug-likeness (QED) is 0.405. The number of hydrogen-bond donors (Lipinski definition) is 0. The van der Waals surface area contributed by atoms with Crippen molar-refractivity contribution in [2.75, 3.05) is 24.5 Å². The van der Waals surface area contributed by atoms with E-state index in [0.717, 1.165) is 67.4 Å².